The van der Waals surface area contributed by atoms with Gasteiger partial charge in [0.05, 0.1) is 5.56 Å². The number of carbonyl (C=O) groups excluding carboxylic acids is 2. The Kier molecular flexibility index (Phi) is 5.26. The Balaban J connectivity index is 1.53. The number of aromatic nitrogens is 1. The molecule has 2 heterocycles. The predicted octanol–water partition coefficient (Wildman–Crippen LogP) is 1.56. The van der Waals surface area contributed by atoms with Gasteiger partial charge in [-0.25, -0.2) is 4.39 Å². The zero-order valence-electron chi connectivity index (χ0n) is 13.9. The Bertz CT molecular complexity index is 869. The van der Waals surface area contributed by atoms with Gasteiger partial charge in [-0.2, -0.15) is 0 Å². The van der Waals surface area contributed by atoms with Crippen LogP contribution in [0.4, 0.5) is 4.39 Å². The zero-order chi connectivity index (χ0) is 18.5. The molecule has 1 saturated heterocycles. The van der Waals surface area contributed by atoms with Crippen molar-refractivity contribution < 1.29 is 14.0 Å². The van der Waals surface area contributed by atoms with Crippen LogP contribution in [0.3, 0.4) is 0 Å². The second-order valence-corrected chi connectivity index (χ2v) is 6.07. The topological polar surface area (TPSA) is 82.3 Å². The number of H-pyrrole nitrogens is 1. The minimum Gasteiger partial charge on any atom is -0.347 e. The average molecular weight is 355 g/mol. The summed E-state index contributed by atoms with van der Waals surface area (Å²) < 4.78 is 12.9. The number of hydrogen-bond acceptors (Lipinski definition) is 3. The van der Waals surface area contributed by atoms with E-state index in [0.29, 0.717) is 25.1 Å². The molecule has 7 heteroatoms. The van der Waals surface area contributed by atoms with Crippen LogP contribution in [0, 0.1) is 5.82 Å². The summed E-state index contributed by atoms with van der Waals surface area (Å²) in [6.45, 7) is 0.963. The summed E-state index contributed by atoms with van der Waals surface area (Å²) in [6, 6.07) is 8.46. The lowest BCUT2D eigenvalue weighted by molar-refractivity contribution is -0.125. The Morgan fingerprint density at radius 2 is 1.96 bits per heavy atom. The molecule has 1 aliphatic heterocycles. The van der Waals surface area contributed by atoms with Gasteiger partial charge in [-0.1, -0.05) is 12.1 Å². The maximum absolute atomic E-state index is 12.9. The van der Waals surface area contributed by atoms with Crippen molar-refractivity contribution in [2.45, 2.75) is 12.5 Å². The molecule has 0 bridgehead atoms. The van der Waals surface area contributed by atoms with E-state index >= 15 is 0 Å². The fourth-order valence-corrected chi connectivity index (χ4v) is 2.75. The first-order chi connectivity index (χ1) is 12.5. The van der Waals surface area contributed by atoms with Crippen molar-refractivity contribution in [3.8, 4) is 0 Å². The number of hydrogen-bond donors (Lipinski definition) is 2. The lowest BCUT2D eigenvalue weighted by atomic mass is 10.2. The van der Waals surface area contributed by atoms with Crippen LogP contribution in [0.15, 0.2) is 53.5 Å². The number of carbonyl (C=O) groups is 2. The number of nitrogens with zero attached hydrogens (tertiary/aromatic N) is 1. The van der Waals surface area contributed by atoms with Gasteiger partial charge < -0.3 is 15.2 Å². The third kappa shape index (κ3) is 4.44. The zero-order valence-corrected chi connectivity index (χ0v) is 13.9. The van der Waals surface area contributed by atoms with Gasteiger partial charge in [-0.3, -0.25) is 14.4 Å². The first-order valence-electron chi connectivity index (χ1n) is 8.23. The van der Waals surface area contributed by atoms with Gasteiger partial charge in [0.1, 0.15) is 5.82 Å². The van der Waals surface area contributed by atoms with Crippen LogP contribution in [0.5, 0.6) is 0 Å². The molecule has 1 aromatic carbocycles. The molecule has 1 unspecified atom stereocenters. The normalized spacial score (nSPS) is 16.8. The molecule has 0 aliphatic carbocycles. The van der Waals surface area contributed by atoms with E-state index in [1.807, 2.05) is 0 Å². The molecule has 6 nitrogen and oxygen atoms in total. The van der Waals surface area contributed by atoms with Crippen molar-refractivity contribution in [2.24, 2.45) is 0 Å². The van der Waals surface area contributed by atoms with Crippen LogP contribution in [-0.2, 0) is 4.79 Å². The van der Waals surface area contributed by atoms with Crippen molar-refractivity contribution in [3.05, 3.63) is 76.0 Å². The summed E-state index contributed by atoms with van der Waals surface area (Å²) in [5.74, 6) is -0.772. The standard InChI is InChI=1S/C19H18FN3O3/c20-15-5-1-13(2-6-15)3-8-18(25)23-10-9-16(12-23)22-19(26)14-4-7-17(24)21-11-14/h1-8,11,16H,9-10,12H2,(H,21,24)(H,22,26)/b8-3+. The summed E-state index contributed by atoms with van der Waals surface area (Å²) in [4.78, 5) is 39.5. The molecule has 0 radical (unpaired) electrons. The van der Waals surface area contributed by atoms with Gasteiger partial charge >= 0.3 is 0 Å². The van der Waals surface area contributed by atoms with Crippen LogP contribution < -0.4 is 10.9 Å². The molecule has 1 aliphatic rings. The number of aromatic amines is 1. The molecule has 1 atom stereocenters. The molecular weight excluding hydrogens is 337 g/mol. The van der Waals surface area contributed by atoms with E-state index in [1.54, 1.807) is 23.1 Å². The fourth-order valence-electron chi connectivity index (χ4n) is 2.75. The van der Waals surface area contributed by atoms with Crippen LogP contribution in [0.1, 0.15) is 22.3 Å². The van der Waals surface area contributed by atoms with E-state index in [-0.39, 0.29) is 29.2 Å². The Labute approximate surface area is 149 Å². The highest BCUT2D eigenvalue weighted by Gasteiger charge is 2.26. The van der Waals surface area contributed by atoms with E-state index in [2.05, 4.69) is 10.3 Å². The second-order valence-electron chi connectivity index (χ2n) is 6.07. The maximum Gasteiger partial charge on any atom is 0.253 e. The third-order valence-electron chi connectivity index (χ3n) is 4.17. The van der Waals surface area contributed by atoms with Crippen molar-refractivity contribution in [1.82, 2.24) is 15.2 Å². The van der Waals surface area contributed by atoms with Crippen LogP contribution >= 0.6 is 0 Å². The second kappa shape index (κ2) is 7.77. The van der Waals surface area contributed by atoms with Crippen molar-refractivity contribution in [1.29, 1.82) is 0 Å². The Hall–Kier alpha value is -3.22. The highest BCUT2D eigenvalue weighted by molar-refractivity contribution is 5.94. The number of halogens is 1. The monoisotopic (exact) mass is 355 g/mol. The van der Waals surface area contributed by atoms with Crippen molar-refractivity contribution in [3.63, 3.8) is 0 Å². The molecule has 1 fully saturated rings. The van der Waals surface area contributed by atoms with Gasteiger partial charge in [0.25, 0.3) is 5.91 Å². The molecule has 0 spiro atoms. The lowest BCUT2D eigenvalue weighted by Crippen LogP contribution is -2.38. The van der Waals surface area contributed by atoms with Crippen LogP contribution in [-0.4, -0.2) is 40.8 Å². The number of nitrogens with one attached hydrogen (secondary N) is 2. The molecule has 2 N–H and O–H groups in total. The quantitative estimate of drug-likeness (QED) is 0.817. The van der Waals surface area contributed by atoms with Gasteiger partial charge in [-0.15, -0.1) is 0 Å². The number of benzene rings is 1. The minimum atomic E-state index is -0.325. The first kappa shape index (κ1) is 17.6. The molecule has 134 valence electrons. The van der Waals surface area contributed by atoms with E-state index in [4.69, 9.17) is 0 Å². The Morgan fingerprint density at radius 3 is 2.65 bits per heavy atom. The molecule has 0 saturated carbocycles. The van der Waals surface area contributed by atoms with Crippen molar-refractivity contribution in [2.75, 3.05) is 13.1 Å². The molecular formula is C19H18FN3O3. The predicted molar refractivity (Wildman–Crippen MR) is 94.9 cm³/mol. The van der Waals surface area contributed by atoms with Crippen LogP contribution in [0.2, 0.25) is 0 Å². The molecule has 3 rings (SSSR count). The molecule has 1 aromatic heterocycles. The highest BCUT2D eigenvalue weighted by Crippen LogP contribution is 2.12. The van der Waals surface area contributed by atoms with Gasteiger partial charge in [0.2, 0.25) is 11.5 Å². The van der Waals surface area contributed by atoms with E-state index in [9.17, 15) is 18.8 Å². The summed E-state index contributed by atoms with van der Waals surface area (Å²) >= 11 is 0. The first-order valence-corrected chi connectivity index (χ1v) is 8.23. The number of rotatable bonds is 4. The lowest BCUT2D eigenvalue weighted by Gasteiger charge is -2.15. The van der Waals surface area contributed by atoms with Crippen LogP contribution in [0.25, 0.3) is 6.08 Å². The molecule has 26 heavy (non-hydrogen) atoms. The fraction of sp³-hybridized carbons (Fsp3) is 0.211. The van der Waals surface area contributed by atoms with E-state index < -0.39 is 0 Å². The SMILES string of the molecule is O=C(NC1CCN(C(=O)/C=C/c2ccc(F)cc2)C1)c1ccc(=O)[nH]c1. The highest BCUT2D eigenvalue weighted by atomic mass is 19.1. The van der Waals surface area contributed by atoms with Crippen molar-refractivity contribution >= 4 is 17.9 Å². The van der Waals surface area contributed by atoms with Gasteiger partial charge in [0, 0.05) is 37.5 Å². The number of pyridine rings is 1. The molecule has 2 amide bonds. The van der Waals surface area contributed by atoms with E-state index in [0.717, 1.165) is 5.56 Å². The maximum atomic E-state index is 12.9. The van der Waals surface area contributed by atoms with Gasteiger partial charge in [0.15, 0.2) is 0 Å². The Morgan fingerprint density at radius 1 is 1.19 bits per heavy atom. The van der Waals surface area contributed by atoms with Gasteiger partial charge in [-0.05, 0) is 36.3 Å². The van der Waals surface area contributed by atoms with E-state index in [1.165, 1.54) is 36.5 Å². The summed E-state index contributed by atoms with van der Waals surface area (Å²) in [5.41, 5.74) is 0.833. The summed E-state index contributed by atoms with van der Waals surface area (Å²) in [5, 5.41) is 2.86. The largest absolute Gasteiger partial charge is 0.347 e. The molecule has 2 aromatic rings. The number of amides is 2. The minimum absolute atomic E-state index is 0.141. The summed E-state index contributed by atoms with van der Waals surface area (Å²) in [7, 11) is 0. The third-order valence-corrected chi connectivity index (χ3v) is 4.17. The smallest absolute Gasteiger partial charge is 0.253 e. The average Bonchev–Trinajstić information content (AvgIpc) is 3.10. The number of likely N-dealkylation sites (tertiary alicyclic amines) is 1. The summed E-state index contributed by atoms with van der Waals surface area (Å²) in [6.07, 6.45) is 5.10.